The molecule has 11 heteroatoms. The highest BCUT2D eigenvalue weighted by Gasteiger charge is 2.25. The molecule has 0 saturated carbocycles. The third-order valence-corrected chi connectivity index (χ3v) is 2.48. The number of hydrogen-bond acceptors (Lipinski definition) is 9. The summed E-state index contributed by atoms with van der Waals surface area (Å²) < 4.78 is 0. The van der Waals surface area contributed by atoms with Crippen LogP contribution < -0.4 is 5.32 Å². The SMILES string of the molecule is O=[N+]([O-])c1ccc(C(O)NC2C=NN=N2)c([N+](=O)[O-])c1. The van der Waals surface area contributed by atoms with Crippen LogP contribution in [0.5, 0.6) is 0 Å². The van der Waals surface area contributed by atoms with Gasteiger partial charge in [0.1, 0.15) is 6.23 Å². The lowest BCUT2D eigenvalue weighted by Crippen LogP contribution is -2.31. The number of hydrogen-bond donors (Lipinski definition) is 2. The second kappa shape index (κ2) is 5.46. The molecule has 0 saturated heterocycles. The van der Waals surface area contributed by atoms with Crippen molar-refractivity contribution in [3.8, 4) is 0 Å². The van der Waals surface area contributed by atoms with Gasteiger partial charge in [0, 0.05) is 6.07 Å². The summed E-state index contributed by atoms with van der Waals surface area (Å²) in [6.45, 7) is 0. The Morgan fingerprint density at radius 3 is 2.60 bits per heavy atom. The fourth-order valence-electron chi connectivity index (χ4n) is 1.57. The molecule has 1 aliphatic heterocycles. The van der Waals surface area contributed by atoms with Crippen molar-refractivity contribution < 1.29 is 15.0 Å². The van der Waals surface area contributed by atoms with Gasteiger partial charge in [-0.1, -0.05) is 0 Å². The summed E-state index contributed by atoms with van der Waals surface area (Å²) in [5, 5.41) is 44.2. The van der Waals surface area contributed by atoms with Gasteiger partial charge in [0.25, 0.3) is 11.4 Å². The Bertz CT molecular complexity index is 603. The minimum absolute atomic E-state index is 0.115. The summed E-state index contributed by atoms with van der Waals surface area (Å²) in [5.41, 5.74) is -1.11. The van der Waals surface area contributed by atoms with Crippen LogP contribution in [-0.4, -0.2) is 27.3 Å². The van der Waals surface area contributed by atoms with Crippen LogP contribution in [0.15, 0.2) is 33.6 Å². The van der Waals surface area contributed by atoms with Gasteiger partial charge in [-0.05, 0) is 11.3 Å². The summed E-state index contributed by atoms with van der Waals surface area (Å²) in [6.07, 6.45) is -0.857. The molecule has 104 valence electrons. The van der Waals surface area contributed by atoms with E-state index in [0.717, 1.165) is 18.2 Å². The summed E-state index contributed by atoms with van der Waals surface area (Å²) in [5.74, 6) is 0. The molecule has 2 unspecified atom stereocenters. The highest BCUT2D eigenvalue weighted by molar-refractivity contribution is 5.65. The molecule has 0 aromatic heterocycles. The molecule has 2 atom stereocenters. The van der Waals surface area contributed by atoms with Crippen LogP contribution >= 0.6 is 0 Å². The van der Waals surface area contributed by atoms with Crippen molar-refractivity contribution in [3.05, 3.63) is 44.0 Å². The number of benzene rings is 1. The normalized spacial score (nSPS) is 18.1. The zero-order chi connectivity index (χ0) is 14.7. The zero-order valence-electron chi connectivity index (χ0n) is 9.78. The molecule has 0 aliphatic carbocycles. The second-order valence-corrected chi connectivity index (χ2v) is 3.74. The van der Waals surface area contributed by atoms with Crippen molar-refractivity contribution >= 4 is 17.6 Å². The lowest BCUT2D eigenvalue weighted by Gasteiger charge is -2.14. The first-order valence-corrected chi connectivity index (χ1v) is 5.29. The molecule has 0 spiro atoms. The van der Waals surface area contributed by atoms with Gasteiger partial charge < -0.3 is 5.11 Å². The molecule has 11 nitrogen and oxygen atoms in total. The monoisotopic (exact) mass is 280 g/mol. The molecule has 0 fully saturated rings. The maximum absolute atomic E-state index is 10.9. The summed E-state index contributed by atoms with van der Waals surface area (Å²) in [4.78, 5) is 19.9. The number of rotatable bonds is 5. The van der Waals surface area contributed by atoms with E-state index in [1.165, 1.54) is 6.21 Å². The largest absolute Gasteiger partial charge is 0.374 e. The average Bonchev–Trinajstić information content (AvgIpc) is 2.90. The highest BCUT2D eigenvalue weighted by atomic mass is 16.6. The molecule has 1 aliphatic rings. The number of nitro groups is 2. The van der Waals surface area contributed by atoms with E-state index in [4.69, 9.17) is 0 Å². The van der Waals surface area contributed by atoms with Crippen molar-refractivity contribution in [3.63, 3.8) is 0 Å². The smallest absolute Gasteiger partial charge is 0.283 e. The highest BCUT2D eigenvalue weighted by Crippen LogP contribution is 2.28. The van der Waals surface area contributed by atoms with E-state index >= 15 is 0 Å². The third-order valence-electron chi connectivity index (χ3n) is 2.48. The van der Waals surface area contributed by atoms with Crippen molar-refractivity contribution in [2.24, 2.45) is 15.4 Å². The fraction of sp³-hybridized carbons (Fsp3) is 0.222. The van der Waals surface area contributed by atoms with Gasteiger partial charge in [-0.3, -0.25) is 25.5 Å². The van der Waals surface area contributed by atoms with Crippen LogP contribution in [-0.2, 0) is 0 Å². The van der Waals surface area contributed by atoms with Gasteiger partial charge in [0.15, 0.2) is 6.17 Å². The Labute approximate surface area is 110 Å². The van der Waals surface area contributed by atoms with Crippen LogP contribution in [0, 0.1) is 20.2 Å². The first kappa shape index (κ1) is 13.6. The van der Waals surface area contributed by atoms with E-state index in [1.807, 2.05) is 0 Å². The van der Waals surface area contributed by atoms with Gasteiger partial charge in [-0.25, -0.2) is 0 Å². The lowest BCUT2D eigenvalue weighted by atomic mass is 10.1. The van der Waals surface area contributed by atoms with Crippen LogP contribution in [0.1, 0.15) is 11.8 Å². The molecule has 0 amide bonds. The van der Waals surface area contributed by atoms with Crippen LogP contribution in [0.25, 0.3) is 0 Å². The molecule has 2 rings (SSSR count). The van der Waals surface area contributed by atoms with Gasteiger partial charge >= 0.3 is 0 Å². The van der Waals surface area contributed by atoms with Crippen LogP contribution in [0.2, 0.25) is 0 Å². The van der Waals surface area contributed by atoms with Gasteiger partial charge in [-0.2, -0.15) is 0 Å². The standard InChI is InChI=1S/C9H8N6O5/c16-9(11-8-4-10-13-12-8)6-2-1-5(14(17)18)3-7(6)15(19)20/h1-4,8-9,11,16H. The third kappa shape index (κ3) is 2.78. The molecule has 1 aromatic carbocycles. The van der Waals surface area contributed by atoms with E-state index in [0.29, 0.717) is 0 Å². The van der Waals surface area contributed by atoms with Gasteiger partial charge in [0.2, 0.25) is 0 Å². The Kier molecular flexibility index (Phi) is 3.72. The summed E-state index contributed by atoms with van der Waals surface area (Å²) in [6, 6.07) is 2.96. The van der Waals surface area contributed by atoms with Crippen molar-refractivity contribution in [1.82, 2.24) is 5.32 Å². The van der Waals surface area contributed by atoms with E-state index in [1.54, 1.807) is 0 Å². The van der Waals surface area contributed by atoms with E-state index in [2.05, 4.69) is 20.8 Å². The van der Waals surface area contributed by atoms with Gasteiger partial charge in [0.05, 0.1) is 27.7 Å². The van der Waals surface area contributed by atoms with E-state index < -0.39 is 33.6 Å². The zero-order valence-corrected chi connectivity index (χ0v) is 9.78. The molecule has 2 N–H and O–H groups in total. The maximum atomic E-state index is 10.9. The Hall–Kier alpha value is -2.79. The molecule has 1 aromatic rings. The number of non-ortho nitro benzene ring substituents is 1. The molecule has 0 bridgehead atoms. The molecular weight excluding hydrogens is 272 g/mol. The Morgan fingerprint density at radius 1 is 1.30 bits per heavy atom. The number of nitro benzene ring substituents is 2. The number of nitrogens with zero attached hydrogens (tertiary/aromatic N) is 5. The molecule has 20 heavy (non-hydrogen) atoms. The molecular formula is C9H8N6O5. The maximum Gasteiger partial charge on any atom is 0.283 e. The Morgan fingerprint density at radius 2 is 2.05 bits per heavy atom. The quantitative estimate of drug-likeness (QED) is 0.462. The second-order valence-electron chi connectivity index (χ2n) is 3.74. The number of nitrogens with one attached hydrogen (secondary N) is 1. The van der Waals surface area contributed by atoms with Crippen LogP contribution in [0.4, 0.5) is 11.4 Å². The van der Waals surface area contributed by atoms with Crippen molar-refractivity contribution in [1.29, 1.82) is 0 Å². The van der Waals surface area contributed by atoms with E-state index in [-0.39, 0.29) is 5.56 Å². The minimum Gasteiger partial charge on any atom is -0.374 e. The van der Waals surface area contributed by atoms with Crippen molar-refractivity contribution in [2.75, 3.05) is 0 Å². The average molecular weight is 280 g/mol. The molecule has 0 radical (unpaired) electrons. The fourth-order valence-corrected chi connectivity index (χ4v) is 1.57. The predicted molar refractivity (Wildman–Crippen MR) is 65.0 cm³/mol. The Balaban J connectivity index is 2.29. The summed E-state index contributed by atoms with van der Waals surface area (Å²) >= 11 is 0. The first-order chi connectivity index (χ1) is 9.49. The van der Waals surface area contributed by atoms with Gasteiger partial charge in [-0.15, -0.1) is 10.2 Å². The van der Waals surface area contributed by atoms with E-state index in [9.17, 15) is 25.3 Å². The van der Waals surface area contributed by atoms with Crippen molar-refractivity contribution in [2.45, 2.75) is 12.4 Å². The van der Waals surface area contributed by atoms with Crippen LogP contribution in [0.3, 0.4) is 0 Å². The topological polar surface area (TPSA) is 156 Å². The summed E-state index contributed by atoms with van der Waals surface area (Å²) in [7, 11) is 0. The number of aliphatic hydroxyl groups is 1. The minimum atomic E-state index is -1.44. The lowest BCUT2D eigenvalue weighted by molar-refractivity contribution is -0.395. The number of aliphatic hydroxyl groups excluding tert-OH is 1. The predicted octanol–water partition coefficient (Wildman–Crippen LogP) is 0.861. The molecule has 1 heterocycles. The first-order valence-electron chi connectivity index (χ1n) is 5.29.